The number of carbonyl (C=O) groups excluding carboxylic acids is 1. The number of benzene rings is 4. The molecule has 0 amide bonds. The molecule has 1 heterocycles. The molecule has 0 N–H and O–H groups in total. The summed E-state index contributed by atoms with van der Waals surface area (Å²) in [4.78, 5) is 19.5. The quantitative estimate of drug-likeness (QED) is 0.115. The molecule has 1 aromatic heterocycles. The van der Waals surface area contributed by atoms with E-state index in [2.05, 4.69) is 51.9 Å². The van der Waals surface area contributed by atoms with Crippen molar-refractivity contribution < 1.29 is 14.3 Å². The standard InChI is InChI=1S/C34H33BrNO3PS/c1-25(2)39-28-21-19-27(20-22-28)34-36-26(3)32(41-34)23-38-33(37)24-40(35,29-13-7-4-8-14-29,30-15-9-5-10-16-30)31-17-11-6-12-18-31/h4-22,25H,23-24H2,1-3H3. The van der Waals surface area contributed by atoms with Gasteiger partial charge in [-0.15, -0.1) is 0 Å². The van der Waals surface area contributed by atoms with E-state index in [1.807, 2.05) is 99.6 Å². The Morgan fingerprint density at radius 1 is 0.805 bits per heavy atom. The van der Waals surface area contributed by atoms with Gasteiger partial charge >= 0.3 is 235 Å². The van der Waals surface area contributed by atoms with E-state index in [9.17, 15) is 4.79 Å². The second-order valence-corrected chi connectivity index (χ2v) is 20.2. The molecular formula is C34H33BrNO3PS. The van der Waals surface area contributed by atoms with Crippen LogP contribution in [0.4, 0.5) is 0 Å². The van der Waals surface area contributed by atoms with Crippen molar-refractivity contribution >= 4 is 54.0 Å². The van der Waals surface area contributed by atoms with Gasteiger partial charge in [-0.1, -0.05) is 0 Å². The van der Waals surface area contributed by atoms with Gasteiger partial charge in [0, 0.05) is 0 Å². The maximum atomic E-state index is 13.8. The fourth-order valence-electron chi connectivity index (χ4n) is 5.01. The summed E-state index contributed by atoms with van der Waals surface area (Å²) in [5, 5.41) is 0.715. The molecular weight excluding hydrogens is 613 g/mol. The first-order chi connectivity index (χ1) is 19.8. The Labute approximate surface area is 254 Å². The number of hydrogen-bond donors (Lipinski definition) is 0. The number of aryl methyl sites for hydroxylation is 1. The monoisotopic (exact) mass is 645 g/mol. The Morgan fingerprint density at radius 2 is 1.29 bits per heavy atom. The topological polar surface area (TPSA) is 48.4 Å². The third-order valence-electron chi connectivity index (χ3n) is 7.04. The van der Waals surface area contributed by atoms with Crippen molar-refractivity contribution in [2.24, 2.45) is 0 Å². The van der Waals surface area contributed by atoms with Crippen LogP contribution in [0.25, 0.3) is 10.6 Å². The first-order valence-corrected chi connectivity index (χ1v) is 18.8. The van der Waals surface area contributed by atoms with Crippen LogP contribution in [0.2, 0.25) is 0 Å². The third-order valence-corrected chi connectivity index (χ3v) is 17.6. The molecule has 4 nitrogen and oxygen atoms in total. The van der Waals surface area contributed by atoms with Gasteiger partial charge in [0.05, 0.1) is 6.10 Å². The molecule has 0 unspecified atom stereocenters. The maximum absolute atomic E-state index is 13.8. The van der Waals surface area contributed by atoms with Gasteiger partial charge in [-0.25, -0.2) is 0 Å². The van der Waals surface area contributed by atoms with Crippen LogP contribution in [0.1, 0.15) is 24.4 Å². The van der Waals surface area contributed by atoms with Crippen molar-refractivity contribution in [3.63, 3.8) is 0 Å². The van der Waals surface area contributed by atoms with E-state index in [0.717, 1.165) is 42.8 Å². The number of aromatic nitrogens is 1. The molecule has 41 heavy (non-hydrogen) atoms. The van der Waals surface area contributed by atoms with Crippen molar-refractivity contribution in [3.8, 4) is 16.3 Å². The predicted octanol–water partition coefficient (Wildman–Crippen LogP) is 7.79. The number of thiazole rings is 1. The Bertz CT molecular complexity index is 1510. The molecule has 0 fully saturated rings. The summed E-state index contributed by atoms with van der Waals surface area (Å²) in [6.45, 7) is 6.15. The zero-order valence-corrected chi connectivity index (χ0v) is 26.7. The Balaban J connectivity index is 1.43. The third kappa shape index (κ3) is 6.01. The minimum atomic E-state index is -3.41. The summed E-state index contributed by atoms with van der Waals surface area (Å²) in [5.74, 6) is 0.568. The molecule has 0 radical (unpaired) electrons. The van der Waals surface area contributed by atoms with E-state index < -0.39 is 5.31 Å². The Morgan fingerprint density at radius 3 is 1.76 bits per heavy atom. The van der Waals surface area contributed by atoms with Crippen LogP contribution < -0.4 is 20.7 Å². The molecule has 0 atom stereocenters. The van der Waals surface area contributed by atoms with E-state index in [0.29, 0.717) is 0 Å². The molecule has 4 aromatic carbocycles. The zero-order valence-electron chi connectivity index (χ0n) is 23.4. The van der Waals surface area contributed by atoms with E-state index >= 15 is 0 Å². The average molecular weight is 647 g/mol. The molecule has 0 aliphatic heterocycles. The van der Waals surface area contributed by atoms with Crippen LogP contribution in [0.15, 0.2) is 115 Å². The molecule has 0 bridgehead atoms. The van der Waals surface area contributed by atoms with Gasteiger partial charge in [0.1, 0.15) is 0 Å². The van der Waals surface area contributed by atoms with Gasteiger partial charge < -0.3 is 0 Å². The fraction of sp³-hybridized carbons (Fsp3) is 0.176. The molecule has 0 spiro atoms. The predicted molar refractivity (Wildman–Crippen MR) is 177 cm³/mol. The number of hydrogen-bond acceptors (Lipinski definition) is 5. The van der Waals surface area contributed by atoms with Crippen molar-refractivity contribution in [2.45, 2.75) is 33.5 Å². The van der Waals surface area contributed by atoms with Gasteiger partial charge in [0.25, 0.3) is 0 Å². The first-order valence-electron chi connectivity index (χ1n) is 13.6. The average Bonchev–Trinajstić information content (AvgIpc) is 3.37. The van der Waals surface area contributed by atoms with Crippen LogP contribution in [0, 0.1) is 6.92 Å². The molecule has 0 saturated carbocycles. The Hall–Kier alpha value is -3.31. The molecule has 7 heteroatoms. The summed E-state index contributed by atoms with van der Waals surface area (Å²) in [7, 11) is 0. The molecule has 5 rings (SSSR count). The summed E-state index contributed by atoms with van der Waals surface area (Å²) < 4.78 is 11.8. The van der Waals surface area contributed by atoms with Crippen molar-refractivity contribution in [1.82, 2.24) is 4.98 Å². The molecule has 0 saturated heterocycles. The van der Waals surface area contributed by atoms with Gasteiger partial charge in [-0.3, -0.25) is 0 Å². The van der Waals surface area contributed by atoms with Gasteiger partial charge in [-0.05, 0) is 13.8 Å². The number of rotatable bonds is 10. The van der Waals surface area contributed by atoms with Gasteiger partial charge in [-0.2, -0.15) is 0 Å². The summed E-state index contributed by atoms with van der Waals surface area (Å²) in [6.07, 6.45) is 0.307. The zero-order chi connectivity index (χ0) is 28.9. The van der Waals surface area contributed by atoms with E-state index in [-0.39, 0.29) is 24.8 Å². The molecule has 5 aromatic rings. The summed E-state index contributed by atoms with van der Waals surface area (Å²) >= 11 is 5.87. The van der Waals surface area contributed by atoms with Gasteiger partial charge in [0.15, 0.2) is 0 Å². The minimum absolute atomic E-state index is 0.121. The normalized spacial score (nSPS) is 12.5. The van der Waals surface area contributed by atoms with Crippen LogP contribution in [-0.4, -0.2) is 23.2 Å². The fourth-order valence-corrected chi connectivity index (χ4v) is 13.1. The van der Waals surface area contributed by atoms with E-state index in [4.69, 9.17) is 14.5 Å². The van der Waals surface area contributed by atoms with Crippen LogP contribution in [0.5, 0.6) is 5.75 Å². The number of carbonyl (C=O) groups is 1. The number of halogens is 1. The summed E-state index contributed by atoms with van der Waals surface area (Å²) in [5.41, 5.74) is 1.88. The first kappa shape index (κ1) is 29.2. The van der Waals surface area contributed by atoms with Gasteiger partial charge in [0.2, 0.25) is 0 Å². The van der Waals surface area contributed by atoms with E-state index in [1.54, 1.807) is 11.3 Å². The number of nitrogens with zero attached hydrogens (tertiary/aromatic N) is 1. The van der Waals surface area contributed by atoms with Crippen molar-refractivity contribution in [2.75, 3.05) is 6.16 Å². The molecule has 0 aliphatic carbocycles. The van der Waals surface area contributed by atoms with E-state index in [1.165, 1.54) is 0 Å². The number of esters is 1. The van der Waals surface area contributed by atoms with Crippen LogP contribution in [-0.2, 0) is 16.1 Å². The van der Waals surface area contributed by atoms with Crippen LogP contribution >= 0.6 is 32.1 Å². The van der Waals surface area contributed by atoms with Crippen LogP contribution in [0.3, 0.4) is 0 Å². The summed E-state index contributed by atoms with van der Waals surface area (Å²) in [6, 6.07) is 38.8. The second kappa shape index (κ2) is 12.3. The Kier molecular flexibility index (Phi) is 8.74. The van der Waals surface area contributed by atoms with Crippen molar-refractivity contribution in [3.05, 3.63) is 126 Å². The second-order valence-electron chi connectivity index (χ2n) is 10.2. The SMILES string of the molecule is Cc1nc(-c2ccc(OC(C)C)cc2)sc1COC(=O)CP(Br)(c1ccccc1)(c1ccccc1)c1ccccc1. The number of ether oxygens (including phenoxy) is 2. The molecule has 0 aliphatic rings. The molecule has 210 valence electrons. The van der Waals surface area contributed by atoms with Crippen molar-refractivity contribution in [1.29, 1.82) is 0 Å².